The molecule has 0 aromatic rings. The van der Waals surface area contributed by atoms with E-state index in [1.165, 1.54) is 51.6 Å². The van der Waals surface area contributed by atoms with Gasteiger partial charge in [0, 0.05) is 13.1 Å². The Labute approximate surface area is 148 Å². The lowest BCUT2D eigenvalue weighted by atomic mass is 9.88. The van der Waals surface area contributed by atoms with Crippen LogP contribution in [0.15, 0.2) is 0 Å². The van der Waals surface area contributed by atoms with Crippen molar-refractivity contribution in [2.75, 3.05) is 26.2 Å². The molecular weight excluding hydrogens is 312 g/mol. The fourth-order valence-corrected chi connectivity index (χ4v) is 3.66. The van der Waals surface area contributed by atoms with Crippen LogP contribution >= 0.6 is 12.4 Å². The Hall–Kier alpha value is -0.480. The van der Waals surface area contributed by atoms with Crippen LogP contribution in [-0.4, -0.2) is 42.8 Å². The highest BCUT2D eigenvalue weighted by Gasteiger charge is 2.27. The number of halogens is 1. The molecule has 0 aromatic heterocycles. The summed E-state index contributed by atoms with van der Waals surface area (Å²) in [5, 5.41) is 3.43. The Kier molecular flexibility index (Phi) is 8.70. The van der Waals surface area contributed by atoms with E-state index in [4.69, 9.17) is 4.74 Å². The van der Waals surface area contributed by atoms with Gasteiger partial charge in [0.2, 0.25) is 0 Å². The molecule has 136 valence electrons. The van der Waals surface area contributed by atoms with E-state index in [0.29, 0.717) is 5.92 Å². The monoisotopic (exact) mass is 346 g/mol. The van der Waals surface area contributed by atoms with Gasteiger partial charge in [-0.05, 0) is 77.8 Å². The van der Waals surface area contributed by atoms with Gasteiger partial charge in [-0.25, -0.2) is 4.79 Å². The lowest BCUT2D eigenvalue weighted by molar-refractivity contribution is 0.0160. The molecule has 0 bridgehead atoms. The minimum atomic E-state index is -0.390. The first kappa shape index (κ1) is 20.6. The van der Waals surface area contributed by atoms with Gasteiger partial charge in [-0.3, -0.25) is 0 Å². The summed E-state index contributed by atoms with van der Waals surface area (Å²) in [7, 11) is 0. The van der Waals surface area contributed by atoms with E-state index in [1.54, 1.807) is 0 Å². The van der Waals surface area contributed by atoms with E-state index in [2.05, 4.69) is 5.32 Å². The summed E-state index contributed by atoms with van der Waals surface area (Å²) in [6, 6.07) is 0. The van der Waals surface area contributed by atoms with Gasteiger partial charge in [-0.15, -0.1) is 12.4 Å². The first-order chi connectivity index (χ1) is 10.4. The molecule has 2 aliphatic heterocycles. The molecule has 1 amide bonds. The van der Waals surface area contributed by atoms with E-state index < -0.39 is 0 Å². The molecule has 2 saturated heterocycles. The average molecular weight is 347 g/mol. The molecule has 1 N–H and O–H groups in total. The second-order valence-electron chi connectivity index (χ2n) is 8.06. The van der Waals surface area contributed by atoms with Crippen LogP contribution in [0.4, 0.5) is 4.79 Å². The standard InChI is InChI=1S/C18H34N2O2.ClH/c1-18(2,3)22-17(21)20-13-5-8-16(14-20)7-4-6-15-9-11-19-12-10-15;/h15-16,19H,4-14H2,1-3H3;1H. The van der Waals surface area contributed by atoms with Crippen LogP contribution in [0, 0.1) is 11.8 Å². The number of piperidine rings is 2. The summed E-state index contributed by atoms with van der Waals surface area (Å²) in [5.74, 6) is 1.59. The van der Waals surface area contributed by atoms with Crippen LogP contribution in [0.3, 0.4) is 0 Å². The van der Waals surface area contributed by atoms with Gasteiger partial charge < -0.3 is 15.0 Å². The molecule has 0 saturated carbocycles. The molecule has 2 heterocycles. The van der Waals surface area contributed by atoms with Gasteiger partial charge in [0.05, 0.1) is 0 Å². The Morgan fingerprint density at radius 3 is 2.43 bits per heavy atom. The Balaban J connectivity index is 0.00000264. The van der Waals surface area contributed by atoms with Gasteiger partial charge in [0.1, 0.15) is 5.60 Å². The number of carbonyl (C=O) groups is 1. The number of nitrogens with zero attached hydrogens (tertiary/aromatic N) is 1. The van der Waals surface area contributed by atoms with Crippen molar-refractivity contribution in [3.05, 3.63) is 0 Å². The molecule has 0 radical (unpaired) electrons. The smallest absolute Gasteiger partial charge is 0.410 e. The Bertz CT molecular complexity index is 351. The topological polar surface area (TPSA) is 41.6 Å². The van der Waals surface area contributed by atoms with E-state index in [-0.39, 0.29) is 24.1 Å². The molecule has 23 heavy (non-hydrogen) atoms. The van der Waals surface area contributed by atoms with Gasteiger partial charge in [0.25, 0.3) is 0 Å². The number of rotatable bonds is 4. The minimum Gasteiger partial charge on any atom is -0.444 e. The van der Waals surface area contributed by atoms with Crippen molar-refractivity contribution < 1.29 is 9.53 Å². The zero-order chi connectivity index (χ0) is 16.0. The summed E-state index contributed by atoms with van der Waals surface area (Å²) in [5.41, 5.74) is -0.390. The molecule has 0 aliphatic carbocycles. The highest BCUT2D eigenvalue weighted by atomic mass is 35.5. The number of ether oxygens (including phenoxy) is 1. The van der Waals surface area contributed by atoms with Crippen molar-refractivity contribution in [2.45, 2.75) is 71.3 Å². The second-order valence-corrected chi connectivity index (χ2v) is 8.06. The lowest BCUT2D eigenvalue weighted by Gasteiger charge is -2.34. The maximum Gasteiger partial charge on any atom is 0.410 e. The molecular formula is C18H35ClN2O2. The predicted octanol–water partition coefficient (Wildman–Crippen LogP) is 4.23. The maximum atomic E-state index is 12.2. The van der Waals surface area contributed by atoms with Crippen LogP contribution in [0.1, 0.15) is 65.7 Å². The zero-order valence-electron chi connectivity index (χ0n) is 15.1. The van der Waals surface area contributed by atoms with Crippen LogP contribution in [0.25, 0.3) is 0 Å². The summed E-state index contributed by atoms with van der Waals surface area (Å²) < 4.78 is 5.51. The summed E-state index contributed by atoms with van der Waals surface area (Å²) in [4.78, 5) is 14.1. The molecule has 0 aromatic carbocycles. The molecule has 0 spiro atoms. The number of hydrogen-bond donors (Lipinski definition) is 1. The van der Waals surface area contributed by atoms with Crippen molar-refractivity contribution in [1.29, 1.82) is 0 Å². The highest BCUT2D eigenvalue weighted by molar-refractivity contribution is 5.85. The lowest BCUT2D eigenvalue weighted by Crippen LogP contribution is -2.42. The predicted molar refractivity (Wildman–Crippen MR) is 97.2 cm³/mol. The van der Waals surface area contributed by atoms with E-state index in [9.17, 15) is 4.79 Å². The molecule has 2 aliphatic rings. The van der Waals surface area contributed by atoms with E-state index >= 15 is 0 Å². The number of carbonyl (C=O) groups excluding carboxylic acids is 1. The van der Waals surface area contributed by atoms with E-state index in [0.717, 1.165) is 25.4 Å². The van der Waals surface area contributed by atoms with Crippen LogP contribution in [0.2, 0.25) is 0 Å². The van der Waals surface area contributed by atoms with Gasteiger partial charge in [-0.2, -0.15) is 0 Å². The number of likely N-dealkylation sites (tertiary alicyclic amines) is 1. The van der Waals surface area contributed by atoms with Crippen LogP contribution in [0.5, 0.6) is 0 Å². The number of nitrogens with one attached hydrogen (secondary N) is 1. The van der Waals surface area contributed by atoms with Gasteiger partial charge in [0.15, 0.2) is 0 Å². The third-order valence-corrected chi connectivity index (χ3v) is 4.85. The average Bonchev–Trinajstić information content (AvgIpc) is 2.47. The normalized spacial score (nSPS) is 23.3. The van der Waals surface area contributed by atoms with Crippen molar-refractivity contribution in [2.24, 2.45) is 11.8 Å². The van der Waals surface area contributed by atoms with Crippen LogP contribution in [-0.2, 0) is 4.74 Å². The van der Waals surface area contributed by atoms with Crippen molar-refractivity contribution >= 4 is 18.5 Å². The summed E-state index contributed by atoms with van der Waals surface area (Å²) in [6.45, 7) is 9.95. The fourth-order valence-electron chi connectivity index (χ4n) is 3.66. The largest absolute Gasteiger partial charge is 0.444 e. The van der Waals surface area contributed by atoms with Crippen molar-refractivity contribution in [1.82, 2.24) is 10.2 Å². The van der Waals surface area contributed by atoms with Crippen molar-refractivity contribution in [3.63, 3.8) is 0 Å². The SMILES string of the molecule is CC(C)(C)OC(=O)N1CCCC(CCCC2CCNCC2)C1.Cl. The molecule has 2 rings (SSSR count). The summed E-state index contributed by atoms with van der Waals surface area (Å²) in [6.07, 6.45) is 8.90. The van der Waals surface area contributed by atoms with Gasteiger partial charge in [-0.1, -0.05) is 12.8 Å². The zero-order valence-corrected chi connectivity index (χ0v) is 15.9. The molecule has 1 unspecified atom stereocenters. The third-order valence-electron chi connectivity index (χ3n) is 4.85. The van der Waals surface area contributed by atoms with Crippen LogP contribution < -0.4 is 5.32 Å². The minimum absolute atomic E-state index is 0. The van der Waals surface area contributed by atoms with Gasteiger partial charge >= 0.3 is 6.09 Å². The Morgan fingerprint density at radius 2 is 1.78 bits per heavy atom. The summed E-state index contributed by atoms with van der Waals surface area (Å²) >= 11 is 0. The molecule has 5 heteroatoms. The Morgan fingerprint density at radius 1 is 1.13 bits per heavy atom. The van der Waals surface area contributed by atoms with E-state index in [1.807, 2.05) is 25.7 Å². The third kappa shape index (κ3) is 7.75. The molecule has 4 nitrogen and oxygen atoms in total. The number of hydrogen-bond acceptors (Lipinski definition) is 3. The fraction of sp³-hybridized carbons (Fsp3) is 0.944. The number of amides is 1. The highest BCUT2D eigenvalue weighted by Crippen LogP contribution is 2.26. The first-order valence-corrected chi connectivity index (χ1v) is 9.13. The maximum absolute atomic E-state index is 12.2. The van der Waals surface area contributed by atoms with Crippen molar-refractivity contribution in [3.8, 4) is 0 Å². The second kappa shape index (κ2) is 9.73. The quantitative estimate of drug-likeness (QED) is 0.828. The molecule has 2 fully saturated rings. The molecule has 1 atom stereocenters. The first-order valence-electron chi connectivity index (χ1n) is 9.13.